The number of amides is 1. The molecular weight excluding hydrogens is 302 g/mol. The largest absolute Gasteiger partial charge is 0.372 e. The third kappa shape index (κ3) is 3.36. The minimum atomic E-state index is 0.0951. The van der Waals surface area contributed by atoms with Gasteiger partial charge in [0.1, 0.15) is 6.61 Å². The van der Waals surface area contributed by atoms with Crippen LogP contribution in [0.3, 0.4) is 0 Å². The van der Waals surface area contributed by atoms with Crippen LogP contribution in [0.25, 0.3) is 0 Å². The van der Waals surface area contributed by atoms with E-state index in [9.17, 15) is 4.79 Å². The number of carbonyl (C=O) groups is 1. The average molecular weight is 321 g/mol. The molecule has 1 saturated heterocycles. The van der Waals surface area contributed by atoms with Gasteiger partial charge in [0.2, 0.25) is 0 Å². The van der Waals surface area contributed by atoms with Crippen LogP contribution < -0.4 is 0 Å². The molecule has 3 heterocycles. The number of aromatic nitrogens is 2. The minimum absolute atomic E-state index is 0.0951. The van der Waals surface area contributed by atoms with Crippen LogP contribution in [0, 0.1) is 0 Å². The van der Waals surface area contributed by atoms with E-state index < -0.39 is 0 Å². The van der Waals surface area contributed by atoms with Crippen molar-refractivity contribution in [1.82, 2.24) is 15.0 Å². The van der Waals surface area contributed by atoms with Gasteiger partial charge < -0.3 is 14.2 Å². The van der Waals surface area contributed by atoms with Crippen molar-refractivity contribution in [2.75, 3.05) is 19.7 Å². The van der Waals surface area contributed by atoms with E-state index in [1.165, 1.54) is 11.3 Å². The third-order valence-corrected chi connectivity index (χ3v) is 4.58. The summed E-state index contributed by atoms with van der Waals surface area (Å²) in [6.45, 7) is 4.31. The van der Waals surface area contributed by atoms with E-state index in [4.69, 9.17) is 9.26 Å². The lowest BCUT2D eigenvalue weighted by atomic mass is 9.97. The molecule has 118 valence electrons. The molecule has 1 atom stereocenters. The molecule has 0 aliphatic carbocycles. The Morgan fingerprint density at radius 2 is 2.50 bits per heavy atom. The normalized spacial score (nSPS) is 18.6. The van der Waals surface area contributed by atoms with E-state index >= 15 is 0 Å². The number of thiophene rings is 1. The van der Waals surface area contributed by atoms with Crippen LogP contribution in [0.1, 0.15) is 47.1 Å². The average Bonchev–Trinajstić information content (AvgIpc) is 3.24. The highest BCUT2D eigenvalue weighted by Crippen LogP contribution is 2.26. The maximum Gasteiger partial charge on any atom is 0.263 e. The lowest BCUT2D eigenvalue weighted by Gasteiger charge is -2.30. The summed E-state index contributed by atoms with van der Waals surface area (Å²) in [6, 6.07) is 3.77. The SMILES string of the molecule is CCOCc1nc(C2CCCN(C(=O)c3cccs3)C2)no1. The molecule has 2 aromatic rings. The molecular formula is C15H19N3O3S. The third-order valence-electron chi connectivity index (χ3n) is 3.72. The monoisotopic (exact) mass is 321 g/mol. The second kappa shape index (κ2) is 7.02. The van der Waals surface area contributed by atoms with Gasteiger partial charge in [0.15, 0.2) is 5.82 Å². The zero-order valence-corrected chi connectivity index (χ0v) is 13.3. The molecule has 0 radical (unpaired) electrons. The highest BCUT2D eigenvalue weighted by atomic mass is 32.1. The molecule has 0 aromatic carbocycles. The van der Waals surface area contributed by atoms with Gasteiger partial charge in [-0.25, -0.2) is 0 Å². The van der Waals surface area contributed by atoms with Gasteiger partial charge in [-0.3, -0.25) is 4.79 Å². The Hall–Kier alpha value is -1.73. The second-order valence-electron chi connectivity index (χ2n) is 5.25. The van der Waals surface area contributed by atoms with Crippen molar-refractivity contribution in [2.24, 2.45) is 0 Å². The van der Waals surface area contributed by atoms with E-state index in [0.717, 1.165) is 24.3 Å². The summed E-state index contributed by atoms with van der Waals surface area (Å²) in [5.74, 6) is 1.41. The zero-order valence-electron chi connectivity index (χ0n) is 12.5. The van der Waals surface area contributed by atoms with E-state index in [2.05, 4.69) is 10.1 Å². The highest BCUT2D eigenvalue weighted by molar-refractivity contribution is 7.12. The van der Waals surface area contributed by atoms with Crippen molar-refractivity contribution in [3.63, 3.8) is 0 Å². The molecule has 3 rings (SSSR count). The van der Waals surface area contributed by atoms with Crippen LogP contribution in [0.4, 0.5) is 0 Å². The van der Waals surface area contributed by atoms with Crippen LogP contribution in [0.2, 0.25) is 0 Å². The topological polar surface area (TPSA) is 68.5 Å². The summed E-state index contributed by atoms with van der Waals surface area (Å²) >= 11 is 1.48. The van der Waals surface area contributed by atoms with Crippen molar-refractivity contribution in [1.29, 1.82) is 0 Å². The molecule has 1 aliphatic rings. The van der Waals surface area contributed by atoms with Crippen molar-refractivity contribution in [2.45, 2.75) is 32.3 Å². The first-order valence-corrected chi connectivity index (χ1v) is 8.39. The van der Waals surface area contributed by atoms with Gasteiger partial charge in [0.25, 0.3) is 11.8 Å². The maximum atomic E-state index is 12.4. The fraction of sp³-hybridized carbons (Fsp3) is 0.533. The maximum absolute atomic E-state index is 12.4. The number of hydrogen-bond acceptors (Lipinski definition) is 6. The summed E-state index contributed by atoms with van der Waals surface area (Å²) in [4.78, 5) is 19.5. The molecule has 0 N–H and O–H groups in total. The summed E-state index contributed by atoms with van der Waals surface area (Å²) in [5.41, 5.74) is 0. The fourth-order valence-electron chi connectivity index (χ4n) is 2.61. The molecule has 0 bridgehead atoms. The molecule has 0 saturated carbocycles. The number of nitrogens with zero attached hydrogens (tertiary/aromatic N) is 3. The van der Waals surface area contributed by atoms with Gasteiger partial charge in [0, 0.05) is 25.6 Å². The zero-order chi connectivity index (χ0) is 15.4. The van der Waals surface area contributed by atoms with Gasteiger partial charge in [-0.05, 0) is 31.2 Å². The van der Waals surface area contributed by atoms with Crippen molar-refractivity contribution >= 4 is 17.2 Å². The van der Waals surface area contributed by atoms with Crippen LogP contribution >= 0.6 is 11.3 Å². The van der Waals surface area contributed by atoms with Gasteiger partial charge in [0.05, 0.1) is 4.88 Å². The van der Waals surface area contributed by atoms with Crippen LogP contribution in [0.5, 0.6) is 0 Å². The van der Waals surface area contributed by atoms with Gasteiger partial charge >= 0.3 is 0 Å². The standard InChI is InChI=1S/C15H19N3O3S/c1-2-20-10-13-16-14(17-21-13)11-5-3-7-18(9-11)15(19)12-6-4-8-22-12/h4,6,8,11H,2-3,5,7,9-10H2,1H3. The Morgan fingerprint density at radius 3 is 3.27 bits per heavy atom. The lowest BCUT2D eigenvalue weighted by Crippen LogP contribution is -2.39. The Balaban J connectivity index is 1.65. The van der Waals surface area contributed by atoms with Crippen molar-refractivity contribution in [3.8, 4) is 0 Å². The lowest BCUT2D eigenvalue weighted by molar-refractivity contribution is 0.0708. The number of ether oxygens (including phenoxy) is 1. The van der Waals surface area contributed by atoms with E-state index in [1.54, 1.807) is 0 Å². The predicted octanol–water partition coefficient (Wildman–Crippen LogP) is 2.69. The second-order valence-corrected chi connectivity index (χ2v) is 6.20. The molecule has 22 heavy (non-hydrogen) atoms. The molecule has 2 aromatic heterocycles. The molecule has 1 amide bonds. The summed E-state index contributed by atoms with van der Waals surface area (Å²) < 4.78 is 10.5. The predicted molar refractivity (Wildman–Crippen MR) is 81.8 cm³/mol. The van der Waals surface area contributed by atoms with Gasteiger partial charge in [-0.2, -0.15) is 4.98 Å². The fourth-order valence-corrected chi connectivity index (χ4v) is 3.30. The highest BCUT2D eigenvalue weighted by Gasteiger charge is 2.28. The van der Waals surface area contributed by atoms with Crippen LogP contribution in [0.15, 0.2) is 22.0 Å². The number of rotatable bonds is 5. The molecule has 7 heteroatoms. The molecule has 0 spiro atoms. The number of piperidine rings is 1. The minimum Gasteiger partial charge on any atom is -0.372 e. The Labute approximate surface area is 133 Å². The first kappa shape index (κ1) is 15.2. The summed E-state index contributed by atoms with van der Waals surface area (Å²) in [7, 11) is 0. The van der Waals surface area contributed by atoms with Gasteiger partial charge in [-0.1, -0.05) is 11.2 Å². The number of likely N-dealkylation sites (tertiary alicyclic amines) is 1. The first-order valence-electron chi connectivity index (χ1n) is 7.51. The molecule has 1 fully saturated rings. The molecule has 1 unspecified atom stereocenters. The quantitative estimate of drug-likeness (QED) is 0.847. The molecule has 1 aliphatic heterocycles. The van der Waals surface area contributed by atoms with Crippen LogP contribution in [-0.4, -0.2) is 40.6 Å². The number of hydrogen-bond donors (Lipinski definition) is 0. The Kier molecular flexibility index (Phi) is 4.84. The van der Waals surface area contributed by atoms with E-state index in [0.29, 0.717) is 31.5 Å². The van der Waals surface area contributed by atoms with E-state index in [1.807, 2.05) is 29.3 Å². The Morgan fingerprint density at radius 1 is 1.59 bits per heavy atom. The van der Waals surface area contributed by atoms with E-state index in [-0.39, 0.29) is 11.8 Å². The summed E-state index contributed by atoms with van der Waals surface area (Å²) in [6.07, 6.45) is 1.93. The van der Waals surface area contributed by atoms with Gasteiger partial charge in [-0.15, -0.1) is 11.3 Å². The van der Waals surface area contributed by atoms with Crippen molar-refractivity contribution < 1.29 is 14.1 Å². The van der Waals surface area contributed by atoms with Crippen molar-refractivity contribution in [3.05, 3.63) is 34.1 Å². The first-order chi connectivity index (χ1) is 10.8. The van der Waals surface area contributed by atoms with Crippen LogP contribution in [-0.2, 0) is 11.3 Å². The smallest absolute Gasteiger partial charge is 0.263 e. The Bertz CT molecular complexity index is 611. The molecule has 6 nitrogen and oxygen atoms in total. The summed E-state index contributed by atoms with van der Waals surface area (Å²) in [5, 5.41) is 5.97. The number of carbonyl (C=O) groups excluding carboxylic acids is 1.